The number of hydrogen-bond acceptors (Lipinski definition) is 5. The number of methoxy groups -OCH3 is 1. The second-order valence-electron chi connectivity index (χ2n) is 10.2. The Bertz CT molecular complexity index is 1360. The molecule has 1 aromatic heterocycles. The van der Waals surface area contributed by atoms with Crippen LogP contribution >= 0.6 is 0 Å². The molecule has 2 aliphatic rings. The number of carboxylic acids is 1. The van der Waals surface area contributed by atoms with Crippen LogP contribution in [0.25, 0.3) is 11.0 Å². The van der Waals surface area contributed by atoms with Crippen LogP contribution < -0.4 is 4.90 Å². The molecule has 2 aromatic carbocycles. The average molecular weight is 501 g/mol. The molecule has 1 fully saturated rings. The van der Waals surface area contributed by atoms with Crippen molar-refractivity contribution in [2.45, 2.75) is 69.9 Å². The van der Waals surface area contributed by atoms with Crippen molar-refractivity contribution in [2.24, 2.45) is 5.92 Å². The van der Waals surface area contributed by atoms with Crippen molar-refractivity contribution in [3.05, 3.63) is 59.4 Å². The van der Waals surface area contributed by atoms with E-state index < -0.39 is 18.0 Å². The van der Waals surface area contributed by atoms with E-state index in [4.69, 9.17) is 9.72 Å². The zero-order chi connectivity index (χ0) is 26.1. The second kappa shape index (κ2) is 10.3. The van der Waals surface area contributed by atoms with Crippen LogP contribution in [0.2, 0.25) is 0 Å². The molecule has 1 saturated carbocycles. The highest BCUT2D eigenvalue weighted by molar-refractivity contribution is 5.95. The summed E-state index contributed by atoms with van der Waals surface area (Å²) in [5.74, 6) is -0.946. The molecule has 1 aliphatic heterocycles. The van der Waals surface area contributed by atoms with Gasteiger partial charge in [-0.1, -0.05) is 36.8 Å². The first-order valence-corrected chi connectivity index (χ1v) is 13.0. The van der Waals surface area contributed by atoms with Gasteiger partial charge in [-0.2, -0.15) is 5.26 Å². The van der Waals surface area contributed by atoms with E-state index in [-0.39, 0.29) is 24.4 Å². The zero-order valence-electron chi connectivity index (χ0n) is 21.3. The lowest BCUT2D eigenvalue weighted by Gasteiger charge is -2.34. The average Bonchev–Trinajstić information content (AvgIpc) is 3.30. The summed E-state index contributed by atoms with van der Waals surface area (Å²) in [4.78, 5) is 31.8. The molecule has 192 valence electrons. The number of aromatic nitrogens is 2. The smallest absolute Gasteiger partial charge is 0.414 e. The lowest BCUT2D eigenvalue weighted by atomic mass is 9.86. The van der Waals surface area contributed by atoms with Crippen LogP contribution in [0.15, 0.2) is 42.5 Å². The summed E-state index contributed by atoms with van der Waals surface area (Å²) in [5.41, 5.74) is 4.27. The topological polar surface area (TPSA) is 108 Å². The Balaban J connectivity index is 1.66. The largest absolute Gasteiger partial charge is 0.481 e. The van der Waals surface area contributed by atoms with E-state index in [1.165, 1.54) is 7.11 Å². The summed E-state index contributed by atoms with van der Waals surface area (Å²) < 4.78 is 7.26. The monoisotopic (exact) mass is 500 g/mol. The van der Waals surface area contributed by atoms with Crippen molar-refractivity contribution >= 4 is 28.8 Å². The summed E-state index contributed by atoms with van der Waals surface area (Å²) in [7, 11) is 1.39. The van der Waals surface area contributed by atoms with Crippen LogP contribution in [-0.2, 0) is 22.4 Å². The normalized spacial score (nSPS) is 22.2. The molecule has 0 saturated heterocycles. The maximum atomic E-state index is 12.6. The molecule has 1 aliphatic carbocycles. The molecule has 8 nitrogen and oxygen atoms in total. The summed E-state index contributed by atoms with van der Waals surface area (Å²) in [6.45, 7) is 2.01. The number of anilines is 1. The fourth-order valence-corrected chi connectivity index (χ4v) is 6.11. The van der Waals surface area contributed by atoms with Gasteiger partial charge in [0.2, 0.25) is 0 Å². The Morgan fingerprint density at radius 2 is 1.97 bits per heavy atom. The molecule has 8 heteroatoms. The van der Waals surface area contributed by atoms with Crippen molar-refractivity contribution in [3.8, 4) is 6.07 Å². The third-order valence-electron chi connectivity index (χ3n) is 7.98. The number of nitriles is 1. The molecule has 2 heterocycles. The molecule has 1 amide bonds. The number of nitrogens with zero attached hydrogens (tertiary/aromatic N) is 4. The van der Waals surface area contributed by atoms with Gasteiger partial charge in [0.25, 0.3) is 0 Å². The van der Waals surface area contributed by atoms with E-state index >= 15 is 0 Å². The zero-order valence-corrected chi connectivity index (χ0v) is 21.3. The van der Waals surface area contributed by atoms with Gasteiger partial charge in [0.15, 0.2) is 0 Å². The van der Waals surface area contributed by atoms with Gasteiger partial charge < -0.3 is 14.4 Å². The molecule has 0 unspecified atom stereocenters. The number of carbonyl (C=O) groups is 2. The van der Waals surface area contributed by atoms with Gasteiger partial charge in [-0.25, -0.2) is 9.78 Å². The molecule has 3 aromatic rings. The number of amides is 1. The molecule has 0 bridgehead atoms. The van der Waals surface area contributed by atoms with Crippen molar-refractivity contribution in [1.29, 1.82) is 5.26 Å². The van der Waals surface area contributed by atoms with Gasteiger partial charge in [0.05, 0.1) is 35.8 Å². The summed E-state index contributed by atoms with van der Waals surface area (Å²) in [6.07, 6.45) is 4.87. The summed E-state index contributed by atoms with van der Waals surface area (Å²) in [5, 5.41) is 19.8. The van der Waals surface area contributed by atoms with Crippen LogP contribution in [0, 0.1) is 17.2 Å². The number of benzene rings is 2. The van der Waals surface area contributed by atoms with E-state index in [2.05, 4.69) is 10.6 Å². The first-order valence-electron chi connectivity index (χ1n) is 13.0. The van der Waals surface area contributed by atoms with E-state index in [1.54, 1.807) is 4.90 Å². The molecule has 1 N–H and O–H groups in total. The highest BCUT2D eigenvalue weighted by Crippen LogP contribution is 2.41. The van der Waals surface area contributed by atoms with Gasteiger partial charge in [-0.3, -0.25) is 9.69 Å². The van der Waals surface area contributed by atoms with Gasteiger partial charge in [-0.05, 0) is 56.7 Å². The van der Waals surface area contributed by atoms with E-state index in [1.807, 2.05) is 49.4 Å². The van der Waals surface area contributed by atoms with E-state index in [0.717, 1.165) is 66.4 Å². The predicted molar refractivity (Wildman–Crippen MR) is 140 cm³/mol. The Hall–Kier alpha value is -3.86. The lowest BCUT2D eigenvalue weighted by molar-refractivity contribution is -0.138. The second-order valence-corrected chi connectivity index (χ2v) is 10.2. The Morgan fingerprint density at radius 3 is 2.68 bits per heavy atom. The number of ether oxygens (including phenoxy) is 1. The third kappa shape index (κ3) is 4.55. The number of imidazole rings is 1. The van der Waals surface area contributed by atoms with Crippen molar-refractivity contribution in [3.63, 3.8) is 0 Å². The quantitative estimate of drug-likeness (QED) is 0.488. The number of carboxylic acid groups (broad SMARTS) is 1. The number of hydrogen-bond donors (Lipinski definition) is 1. The van der Waals surface area contributed by atoms with Gasteiger partial charge in [0.1, 0.15) is 5.82 Å². The summed E-state index contributed by atoms with van der Waals surface area (Å²) in [6, 6.07) is 15.7. The third-order valence-corrected chi connectivity index (χ3v) is 7.98. The molecule has 0 radical (unpaired) electrons. The van der Waals surface area contributed by atoms with Crippen LogP contribution in [0.3, 0.4) is 0 Å². The standard InChI is InChI=1S/C29H32N4O4/c1-18-11-12-22-24(32(18)29(36)37-2)13-14-25-27(22)31-26(33(25)21-10-6-7-19(15-21)17-30)16-23(28(34)35)20-8-4-3-5-9-20/h3-5,8-9,13-14,18-19,21,23H,6-7,10-12,15-16H2,1-2H3,(H,34,35)/t18-,19+,21+,23-/m1/s1. The van der Waals surface area contributed by atoms with Crippen LogP contribution in [0.4, 0.5) is 10.5 Å². The highest BCUT2D eigenvalue weighted by atomic mass is 16.5. The fourth-order valence-electron chi connectivity index (χ4n) is 6.11. The molecular weight excluding hydrogens is 468 g/mol. The maximum absolute atomic E-state index is 12.6. The number of aryl methyl sites for hydroxylation is 1. The Labute approximate surface area is 216 Å². The van der Waals surface area contributed by atoms with Crippen LogP contribution in [0.5, 0.6) is 0 Å². The van der Waals surface area contributed by atoms with Crippen molar-refractivity contribution in [1.82, 2.24) is 9.55 Å². The number of carbonyl (C=O) groups excluding carboxylic acids is 1. The van der Waals surface area contributed by atoms with E-state index in [9.17, 15) is 20.0 Å². The minimum absolute atomic E-state index is 0.00292. The lowest BCUT2D eigenvalue weighted by Crippen LogP contribution is -2.42. The van der Waals surface area contributed by atoms with Crippen molar-refractivity contribution in [2.75, 3.05) is 12.0 Å². The fraction of sp³-hybridized carbons (Fsp3) is 0.448. The molecular formula is C29H32N4O4. The first kappa shape index (κ1) is 24.8. The summed E-state index contributed by atoms with van der Waals surface area (Å²) >= 11 is 0. The maximum Gasteiger partial charge on any atom is 0.414 e. The predicted octanol–water partition coefficient (Wildman–Crippen LogP) is 5.61. The number of rotatable bonds is 5. The van der Waals surface area contributed by atoms with E-state index in [0.29, 0.717) is 5.82 Å². The minimum Gasteiger partial charge on any atom is -0.481 e. The highest BCUT2D eigenvalue weighted by Gasteiger charge is 2.34. The van der Waals surface area contributed by atoms with Crippen LogP contribution in [-0.4, -0.2) is 39.9 Å². The van der Waals surface area contributed by atoms with Gasteiger partial charge in [0, 0.05) is 30.0 Å². The molecule has 37 heavy (non-hydrogen) atoms. The van der Waals surface area contributed by atoms with Gasteiger partial charge in [-0.15, -0.1) is 0 Å². The number of aliphatic carboxylic acids is 1. The Morgan fingerprint density at radius 1 is 1.19 bits per heavy atom. The number of fused-ring (bicyclic) bond motifs is 3. The molecule has 0 spiro atoms. The Kier molecular flexibility index (Phi) is 6.88. The molecule has 5 rings (SSSR count). The van der Waals surface area contributed by atoms with Crippen LogP contribution in [0.1, 0.15) is 67.9 Å². The minimum atomic E-state index is -0.893. The van der Waals surface area contributed by atoms with Crippen molar-refractivity contribution < 1.29 is 19.4 Å². The SMILES string of the molecule is COC(=O)N1c2ccc3c(nc(C[C@@H](C(=O)O)c4ccccc4)n3[C@H]3CCC[C@H](C#N)C3)c2CC[C@H]1C. The molecule has 4 atom stereocenters. The van der Waals surface area contributed by atoms with Gasteiger partial charge >= 0.3 is 12.1 Å². The first-order chi connectivity index (χ1) is 17.9.